The predicted octanol–water partition coefficient (Wildman–Crippen LogP) is 3.52. The first kappa shape index (κ1) is 20.6. The quantitative estimate of drug-likeness (QED) is 0.542. The topological polar surface area (TPSA) is 54.0 Å². The van der Waals surface area contributed by atoms with Crippen molar-refractivity contribution in [3.05, 3.63) is 59.2 Å². The van der Waals surface area contributed by atoms with E-state index in [4.69, 9.17) is 18.8 Å². The van der Waals surface area contributed by atoms with Gasteiger partial charge < -0.3 is 18.8 Å². The van der Waals surface area contributed by atoms with Crippen molar-refractivity contribution in [1.29, 1.82) is 0 Å². The summed E-state index contributed by atoms with van der Waals surface area (Å²) in [5.74, 6) is 0.811. The second-order valence-electron chi connectivity index (χ2n) is 8.01. The van der Waals surface area contributed by atoms with Gasteiger partial charge in [-0.2, -0.15) is 0 Å². The van der Waals surface area contributed by atoms with Gasteiger partial charge in [0.05, 0.1) is 31.5 Å². The van der Waals surface area contributed by atoms with Crippen molar-refractivity contribution in [2.75, 3.05) is 7.11 Å². The third-order valence-corrected chi connectivity index (χ3v) is 5.50. The number of rotatable bonds is 7. The molecule has 0 N–H and O–H groups in total. The molecule has 28 heavy (non-hydrogen) atoms. The highest BCUT2D eigenvalue weighted by molar-refractivity contribution is 6.62. The van der Waals surface area contributed by atoms with Gasteiger partial charge in [-0.25, -0.2) is 0 Å². The van der Waals surface area contributed by atoms with Crippen molar-refractivity contribution in [2.24, 2.45) is 0 Å². The number of hydrogen-bond acceptors (Lipinski definition) is 5. The van der Waals surface area contributed by atoms with Crippen LogP contribution < -0.4 is 10.2 Å². The summed E-state index contributed by atoms with van der Waals surface area (Å²) in [7, 11) is 1.15. The van der Waals surface area contributed by atoms with Crippen LogP contribution in [-0.2, 0) is 27.3 Å². The van der Waals surface area contributed by atoms with E-state index in [2.05, 4.69) is 0 Å². The fourth-order valence-corrected chi connectivity index (χ4v) is 3.02. The molecule has 2 aromatic rings. The summed E-state index contributed by atoms with van der Waals surface area (Å²) in [5, 5.41) is 0. The van der Waals surface area contributed by atoms with Crippen LogP contribution in [0.4, 0.5) is 0 Å². The van der Waals surface area contributed by atoms with E-state index in [-0.39, 0.29) is 0 Å². The van der Waals surface area contributed by atoms with E-state index in [1.807, 2.05) is 64.1 Å². The Labute approximate surface area is 167 Å². The maximum Gasteiger partial charge on any atom is 0.495 e. The number of ether oxygens (including phenoxy) is 2. The molecule has 1 aliphatic rings. The van der Waals surface area contributed by atoms with Crippen molar-refractivity contribution in [3.8, 4) is 5.75 Å². The maximum atomic E-state index is 11.2. The molecule has 5 nitrogen and oxygen atoms in total. The van der Waals surface area contributed by atoms with E-state index in [0.29, 0.717) is 18.8 Å². The summed E-state index contributed by atoms with van der Waals surface area (Å²) in [5.41, 5.74) is 2.56. The minimum atomic E-state index is -0.495. The van der Waals surface area contributed by atoms with Crippen LogP contribution in [0.5, 0.6) is 5.75 Å². The Morgan fingerprint density at radius 1 is 0.964 bits per heavy atom. The molecule has 0 amide bonds. The van der Waals surface area contributed by atoms with Crippen molar-refractivity contribution in [2.45, 2.75) is 52.1 Å². The third-order valence-electron chi connectivity index (χ3n) is 5.50. The van der Waals surface area contributed by atoms with Gasteiger partial charge in [0, 0.05) is 5.56 Å². The largest absolute Gasteiger partial charge is 0.497 e. The molecule has 1 heterocycles. The molecule has 1 fully saturated rings. The highest BCUT2D eigenvalue weighted by Crippen LogP contribution is 2.36. The van der Waals surface area contributed by atoms with E-state index in [0.717, 1.165) is 28.6 Å². The Kier molecular flexibility index (Phi) is 5.94. The molecule has 0 atom stereocenters. The smallest absolute Gasteiger partial charge is 0.495 e. The van der Waals surface area contributed by atoms with E-state index in [1.54, 1.807) is 13.2 Å². The van der Waals surface area contributed by atoms with Crippen LogP contribution in [0.2, 0.25) is 0 Å². The van der Waals surface area contributed by atoms with E-state index < -0.39 is 18.3 Å². The summed E-state index contributed by atoms with van der Waals surface area (Å²) in [6, 6.07) is 13.2. The summed E-state index contributed by atoms with van der Waals surface area (Å²) in [6.07, 6.45) is 0.834. The van der Waals surface area contributed by atoms with Crippen molar-refractivity contribution < 1.29 is 23.6 Å². The molecule has 1 saturated heterocycles. The van der Waals surface area contributed by atoms with Gasteiger partial charge in [0.15, 0.2) is 0 Å². The zero-order chi connectivity index (χ0) is 20.4. The van der Waals surface area contributed by atoms with Gasteiger partial charge >= 0.3 is 7.12 Å². The molecule has 6 heteroatoms. The number of benzene rings is 2. The molecule has 0 unspecified atom stereocenters. The molecule has 0 aromatic heterocycles. The molecule has 148 valence electrons. The van der Waals surface area contributed by atoms with Gasteiger partial charge in [0.1, 0.15) is 12.0 Å². The second kappa shape index (κ2) is 8.07. The highest BCUT2D eigenvalue weighted by atomic mass is 16.7. The molecule has 0 bridgehead atoms. The first-order valence-electron chi connectivity index (χ1n) is 9.40. The molecule has 0 radical (unpaired) electrons. The van der Waals surface area contributed by atoms with Crippen molar-refractivity contribution >= 4 is 18.9 Å². The number of methoxy groups -OCH3 is 1. The minimum Gasteiger partial charge on any atom is -0.497 e. The number of carbonyl (C=O) groups excluding carboxylic acids is 1. The number of aldehydes is 1. The van der Waals surface area contributed by atoms with Crippen LogP contribution in [-0.4, -0.2) is 31.7 Å². The summed E-state index contributed by atoms with van der Waals surface area (Å²) >= 11 is 0. The van der Waals surface area contributed by atoms with E-state index in [9.17, 15) is 4.79 Å². The average Bonchev–Trinajstić information content (AvgIpc) is 2.89. The van der Waals surface area contributed by atoms with Gasteiger partial charge in [-0.1, -0.05) is 24.3 Å². The van der Waals surface area contributed by atoms with Crippen molar-refractivity contribution in [3.63, 3.8) is 0 Å². The third kappa shape index (κ3) is 4.30. The Bertz CT molecular complexity index is 813. The monoisotopic (exact) mass is 382 g/mol. The number of hydrogen-bond donors (Lipinski definition) is 0. The molecule has 0 saturated carbocycles. The molecule has 3 rings (SSSR count). The van der Waals surface area contributed by atoms with Crippen LogP contribution in [0.25, 0.3) is 0 Å². The lowest BCUT2D eigenvalue weighted by Gasteiger charge is -2.32. The standard InChI is InChI=1S/C22H27BO5/c1-21(2)22(3,4)28-23(27-21)20-11-8-17(13-24)12-18(20)15-26-14-16-6-9-19(25-5)10-7-16/h6-13H,14-15H2,1-5H3. The second-order valence-corrected chi connectivity index (χ2v) is 8.01. The van der Waals surface area contributed by atoms with Gasteiger partial charge in [-0.05, 0) is 62.5 Å². The average molecular weight is 382 g/mol. The minimum absolute atomic E-state index is 0.354. The zero-order valence-electron chi connectivity index (χ0n) is 17.2. The Hall–Kier alpha value is -2.15. The van der Waals surface area contributed by atoms with Gasteiger partial charge in [-0.15, -0.1) is 0 Å². The van der Waals surface area contributed by atoms with Gasteiger partial charge in [0.25, 0.3) is 0 Å². The maximum absolute atomic E-state index is 11.2. The fraction of sp³-hybridized carbons (Fsp3) is 0.409. The summed E-state index contributed by atoms with van der Waals surface area (Å²) < 4.78 is 23.4. The Morgan fingerprint density at radius 2 is 1.61 bits per heavy atom. The van der Waals surface area contributed by atoms with Crippen LogP contribution >= 0.6 is 0 Å². The zero-order valence-corrected chi connectivity index (χ0v) is 17.2. The first-order chi connectivity index (χ1) is 13.3. The summed E-state index contributed by atoms with van der Waals surface area (Å²) in [4.78, 5) is 11.2. The predicted molar refractivity (Wildman–Crippen MR) is 109 cm³/mol. The normalized spacial score (nSPS) is 17.5. The molecule has 0 aliphatic carbocycles. The Morgan fingerprint density at radius 3 is 2.18 bits per heavy atom. The van der Waals surface area contributed by atoms with Gasteiger partial charge in [-0.3, -0.25) is 4.79 Å². The van der Waals surface area contributed by atoms with Crippen LogP contribution in [0, 0.1) is 0 Å². The molecular formula is C22H27BO5. The lowest BCUT2D eigenvalue weighted by atomic mass is 9.75. The Balaban J connectivity index is 1.75. The molecular weight excluding hydrogens is 355 g/mol. The van der Waals surface area contributed by atoms with E-state index >= 15 is 0 Å². The molecule has 1 aliphatic heterocycles. The van der Waals surface area contributed by atoms with E-state index in [1.165, 1.54) is 0 Å². The molecule has 2 aromatic carbocycles. The van der Waals surface area contributed by atoms with Gasteiger partial charge in [0.2, 0.25) is 0 Å². The first-order valence-corrected chi connectivity index (χ1v) is 9.40. The highest BCUT2D eigenvalue weighted by Gasteiger charge is 2.52. The lowest BCUT2D eigenvalue weighted by molar-refractivity contribution is 0.00578. The fourth-order valence-electron chi connectivity index (χ4n) is 3.02. The SMILES string of the molecule is COc1ccc(COCc2cc(C=O)ccc2B2OC(C)(C)C(C)(C)O2)cc1. The molecule has 0 spiro atoms. The van der Waals surface area contributed by atoms with Crippen LogP contribution in [0.1, 0.15) is 49.2 Å². The van der Waals surface area contributed by atoms with Crippen LogP contribution in [0.15, 0.2) is 42.5 Å². The van der Waals surface area contributed by atoms with Crippen molar-refractivity contribution in [1.82, 2.24) is 0 Å². The lowest BCUT2D eigenvalue weighted by Crippen LogP contribution is -2.41. The summed E-state index contributed by atoms with van der Waals surface area (Å²) in [6.45, 7) is 8.89. The number of carbonyl (C=O) groups is 1. The van der Waals surface area contributed by atoms with Crippen LogP contribution in [0.3, 0.4) is 0 Å².